The van der Waals surface area contributed by atoms with Crippen molar-refractivity contribution in [2.75, 3.05) is 6.54 Å². The zero-order valence-corrected chi connectivity index (χ0v) is 14.1. The van der Waals surface area contributed by atoms with E-state index in [1.165, 1.54) is 0 Å². The Bertz CT molecular complexity index is 368. The fourth-order valence-electron chi connectivity index (χ4n) is 3.30. The Labute approximate surface area is 124 Å². The zero-order valence-electron chi connectivity index (χ0n) is 14.1. The summed E-state index contributed by atoms with van der Waals surface area (Å²) in [6, 6.07) is 0.205. The van der Waals surface area contributed by atoms with E-state index in [9.17, 15) is 4.79 Å². The third-order valence-corrected chi connectivity index (χ3v) is 5.19. The number of rotatable bonds is 3. The van der Waals surface area contributed by atoms with Crippen LogP contribution >= 0.6 is 0 Å². The number of carbonyl (C=O) groups excluding carboxylic acids is 1. The third-order valence-electron chi connectivity index (χ3n) is 5.19. The molecule has 1 fully saturated rings. The average Bonchev–Trinajstić information content (AvgIpc) is 2.31. The second kappa shape index (κ2) is 5.88. The highest BCUT2D eigenvalue weighted by Gasteiger charge is 2.47. The van der Waals surface area contributed by atoms with Gasteiger partial charge in [-0.1, -0.05) is 26.8 Å². The Morgan fingerprint density at radius 2 is 1.95 bits per heavy atom. The van der Waals surface area contributed by atoms with E-state index in [0.717, 1.165) is 12.8 Å². The Morgan fingerprint density at radius 1 is 1.40 bits per heavy atom. The van der Waals surface area contributed by atoms with E-state index in [0.29, 0.717) is 12.5 Å². The highest BCUT2D eigenvalue weighted by molar-refractivity contribution is 5.80. The predicted molar refractivity (Wildman–Crippen MR) is 85.3 cm³/mol. The third kappa shape index (κ3) is 3.25. The monoisotopic (exact) mass is 280 g/mol. The number of nitrogens with two attached hydrogens (primary N) is 1. The van der Waals surface area contributed by atoms with Crippen molar-refractivity contribution in [2.45, 2.75) is 66.0 Å². The lowest BCUT2D eigenvalue weighted by Crippen LogP contribution is -2.55. The molecule has 3 nitrogen and oxygen atoms in total. The van der Waals surface area contributed by atoms with Crippen LogP contribution in [0.1, 0.15) is 54.4 Å². The Balaban J connectivity index is 3.03. The molecule has 0 radical (unpaired) electrons. The molecule has 1 aliphatic carbocycles. The maximum atomic E-state index is 13.0. The van der Waals surface area contributed by atoms with Crippen LogP contribution in [0.5, 0.6) is 0 Å². The van der Waals surface area contributed by atoms with Crippen LogP contribution in [0.2, 0.25) is 0 Å². The summed E-state index contributed by atoms with van der Waals surface area (Å²) in [4.78, 5) is 15.0. The van der Waals surface area contributed by atoms with E-state index < -0.39 is 0 Å². The van der Waals surface area contributed by atoms with Crippen molar-refractivity contribution in [3.05, 3.63) is 12.7 Å². The second-order valence-corrected chi connectivity index (χ2v) is 7.81. The molecule has 20 heavy (non-hydrogen) atoms. The summed E-state index contributed by atoms with van der Waals surface area (Å²) in [5.41, 5.74) is 5.96. The Kier molecular flexibility index (Phi) is 5.07. The smallest absolute Gasteiger partial charge is 0.226 e. The van der Waals surface area contributed by atoms with E-state index in [2.05, 4.69) is 48.1 Å². The topological polar surface area (TPSA) is 46.3 Å². The minimum Gasteiger partial charge on any atom is -0.334 e. The molecule has 3 heteroatoms. The van der Waals surface area contributed by atoms with Gasteiger partial charge in [0.05, 0.1) is 0 Å². The minimum absolute atomic E-state index is 0.0523. The van der Waals surface area contributed by atoms with Gasteiger partial charge in [-0.3, -0.25) is 4.79 Å². The van der Waals surface area contributed by atoms with E-state index in [1.807, 2.05) is 11.0 Å². The molecule has 0 aromatic rings. The van der Waals surface area contributed by atoms with Crippen molar-refractivity contribution in [2.24, 2.45) is 23.0 Å². The molecule has 0 aliphatic heterocycles. The molecule has 0 spiro atoms. The van der Waals surface area contributed by atoms with Gasteiger partial charge < -0.3 is 10.6 Å². The molecule has 1 rings (SSSR count). The molecule has 3 atom stereocenters. The molecule has 0 aromatic carbocycles. The van der Waals surface area contributed by atoms with Crippen LogP contribution in [0, 0.1) is 17.3 Å². The molecule has 1 aliphatic rings. The second-order valence-electron chi connectivity index (χ2n) is 7.81. The number of hydrogen-bond acceptors (Lipinski definition) is 2. The Morgan fingerprint density at radius 3 is 2.40 bits per heavy atom. The van der Waals surface area contributed by atoms with Crippen LogP contribution in [0.4, 0.5) is 0 Å². The van der Waals surface area contributed by atoms with Crippen molar-refractivity contribution >= 4 is 5.91 Å². The summed E-state index contributed by atoms with van der Waals surface area (Å²) in [6.07, 6.45) is 3.64. The van der Waals surface area contributed by atoms with Gasteiger partial charge in [0.25, 0.3) is 0 Å². The van der Waals surface area contributed by atoms with Gasteiger partial charge in [-0.25, -0.2) is 0 Å². The lowest BCUT2D eigenvalue weighted by Gasteiger charge is -2.49. The fourth-order valence-corrected chi connectivity index (χ4v) is 3.30. The van der Waals surface area contributed by atoms with Gasteiger partial charge in [0, 0.05) is 24.0 Å². The molecule has 1 amide bonds. The molecule has 0 aromatic heterocycles. The van der Waals surface area contributed by atoms with Crippen molar-refractivity contribution < 1.29 is 4.79 Å². The molecular weight excluding hydrogens is 248 g/mol. The first kappa shape index (κ1) is 17.2. The first-order valence-corrected chi connectivity index (χ1v) is 7.71. The highest BCUT2D eigenvalue weighted by Crippen LogP contribution is 2.45. The van der Waals surface area contributed by atoms with Crippen LogP contribution in [-0.4, -0.2) is 28.9 Å². The summed E-state index contributed by atoms with van der Waals surface area (Å²) in [5, 5.41) is 0. The van der Waals surface area contributed by atoms with Gasteiger partial charge in [0.1, 0.15) is 0 Å². The molecule has 0 saturated heterocycles. The average molecular weight is 280 g/mol. The van der Waals surface area contributed by atoms with E-state index in [4.69, 9.17) is 5.73 Å². The fraction of sp³-hybridized carbons (Fsp3) is 0.824. The lowest BCUT2D eigenvalue weighted by atomic mass is 9.60. The van der Waals surface area contributed by atoms with E-state index in [1.54, 1.807) is 0 Å². The van der Waals surface area contributed by atoms with Gasteiger partial charge in [-0.15, -0.1) is 6.58 Å². The number of carbonyl (C=O) groups is 1. The van der Waals surface area contributed by atoms with Crippen LogP contribution in [0.25, 0.3) is 0 Å². The zero-order chi connectivity index (χ0) is 15.7. The first-order chi connectivity index (χ1) is 9.03. The SMILES string of the molecule is C=CCN(C(=O)C1CCC(N)C(C)C1(C)C)C(C)(C)C. The Hall–Kier alpha value is -0.830. The summed E-state index contributed by atoms with van der Waals surface area (Å²) >= 11 is 0. The molecule has 2 N–H and O–H groups in total. The van der Waals surface area contributed by atoms with Gasteiger partial charge in [0.15, 0.2) is 0 Å². The van der Waals surface area contributed by atoms with Gasteiger partial charge >= 0.3 is 0 Å². The summed E-state index contributed by atoms with van der Waals surface area (Å²) in [5.74, 6) is 0.661. The number of hydrogen-bond donors (Lipinski definition) is 1. The molecule has 3 unspecified atom stereocenters. The van der Waals surface area contributed by atoms with Crippen LogP contribution in [-0.2, 0) is 4.79 Å². The maximum absolute atomic E-state index is 13.0. The normalized spacial score (nSPS) is 29.9. The standard InChI is InChI=1S/C17H32N2O/c1-8-11-19(16(3,4)5)15(20)13-9-10-14(18)12(2)17(13,6)7/h8,12-14H,1,9-11,18H2,2-7H3. The summed E-state index contributed by atoms with van der Waals surface area (Å²) in [7, 11) is 0. The van der Waals surface area contributed by atoms with Gasteiger partial charge in [0.2, 0.25) is 5.91 Å². The molecule has 0 bridgehead atoms. The summed E-state index contributed by atoms with van der Waals surface area (Å²) in [6.45, 7) is 17.2. The van der Waals surface area contributed by atoms with Crippen molar-refractivity contribution in [3.8, 4) is 0 Å². The molecule has 0 heterocycles. The number of nitrogens with zero attached hydrogens (tertiary/aromatic N) is 1. The summed E-state index contributed by atoms with van der Waals surface area (Å²) < 4.78 is 0. The molecule has 1 saturated carbocycles. The van der Waals surface area contributed by atoms with Crippen molar-refractivity contribution in [3.63, 3.8) is 0 Å². The van der Waals surface area contributed by atoms with E-state index in [-0.39, 0.29) is 28.8 Å². The van der Waals surface area contributed by atoms with Crippen LogP contribution in [0.3, 0.4) is 0 Å². The van der Waals surface area contributed by atoms with Crippen LogP contribution < -0.4 is 5.73 Å². The lowest BCUT2D eigenvalue weighted by molar-refractivity contribution is -0.147. The van der Waals surface area contributed by atoms with Gasteiger partial charge in [-0.2, -0.15) is 0 Å². The van der Waals surface area contributed by atoms with Crippen molar-refractivity contribution in [1.82, 2.24) is 4.90 Å². The van der Waals surface area contributed by atoms with Crippen molar-refractivity contribution in [1.29, 1.82) is 0 Å². The predicted octanol–water partition coefficient (Wildman–Crippen LogP) is 3.20. The highest BCUT2D eigenvalue weighted by atomic mass is 16.2. The maximum Gasteiger partial charge on any atom is 0.226 e. The molecular formula is C17H32N2O. The van der Waals surface area contributed by atoms with Crippen LogP contribution in [0.15, 0.2) is 12.7 Å². The minimum atomic E-state index is -0.176. The quantitative estimate of drug-likeness (QED) is 0.807. The number of amides is 1. The molecule has 116 valence electrons. The first-order valence-electron chi connectivity index (χ1n) is 7.71. The van der Waals surface area contributed by atoms with Gasteiger partial charge in [-0.05, 0) is 44.9 Å². The largest absolute Gasteiger partial charge is 0.334 e. The van der Waals surface area contributed by atoms with E-state index >= 15 is 0 Å².